The van der Waals surface area contributed by atoms with E-state index >= 15 is 0 Å². The largest absolute Gasteiger partial charge is 0.385 e. The molecule has 0 radical (unpaired) electrons. The molecule has 1 N–H and O–H groups in total. The Morgan fingerprint density at radius 2 is 2.00 bits per heavy atom. The monoisotopic (exact) mass is 208 g/mol. The smallest absolute Gasteiger partial charge is 0.123 e. The number of halogens is 1. The summed E-state index contributed by atoms with van der Waals surface area (Å²) in [6.07, 6.45) is 2.02. The zero-order chi connectivity index (χ0) is 11.3. The van der Waals surface area contributed by atoms with E-state index in [1.165, 1.54) is 12.1 Å². The maximum Gasteiger partial charge on any atom is 0.123 e. The van der Waals surface area contributed by atoms with Crippen molar-refractivity contribution in [1.29, 1.82) is 0 Å². The summed E-state index contributed by atoms with van der Waals surface area (Å²) < 4.78 is 13.2. The van der Waals surface area contributed by atoms with Crippen molar-refractivity contribution in [2.75, 3.05) is 0 Å². The molecule has 15 heavy (non-hydrogen) atoms. The minimum Gasteiger partial charge on any atom is -0.385 e. The quantitative estimate of drug-likeness (QED) is 0.791. The maximum atomic E-state index is 13.2. The number of benzene rings is 1. The molecule has 0 amide bonds. The predicted octanol–water partition coefficient (Wildman–Crippen LogP) is 3.14. The van der Waals surface area contributed by atoms with E-state index in [4.69, 9.17) is 0 Å². The summed E-state index contributed by atoms with van der Waals surface area (Å²) in [5, 5.41) is 10.5. The summed E-state index contributed by atoms with van der Waals surface area (Å²) in [4.78, 5) is 0. The van der Waals surface area contributed by atoms with Crippen LogP contribution < -0.4 is 0 Å². The highest BCUT2D eigenvalue weighted by atomic mass is 19.1. The first-order valence-corrected chi connectivity index (χ1v) is 5.36. The van der Waals surface area contributed by atoms with Gasteiger partial charge in [0.25, 0.3) is 0 Å². The molecule has 1 atom stereocenters. The summed E-state index contributed by atoms with van der Waals surface area (Å²) in [5.41, 5.74) is 0.683. The summed E-state index contributed by atoms with van der Waals surface area (Å²) in [6, 6.07) is 4.62. The van der Waals surface area contributed by atoms with Crippen molar-refractivity contribution in [3.8, 4) is 0 Å². The lowest BCUT2D eigenvalue weighted by Crippen LogP contribution is -2.32. The SMILES string of the molecule is Cc1ccc(F)cc1C(C)(O)C1(C)CC1. The minimum absolute atomic E-state index is 0.0778. The molecule has 1 aliphatic rings. The van der Waals surface area contributed by atoms with Gasteiger partial charge in [-0.1, -0.05) is 13.0 Å². The van der Waals surface area contributed by atoms with E-state index in [0.717, 1.165) is 24.0 Å². The van der Waals surface area contributed by atoms with Crippen LogP contribution in [0.5, 0.6) is 0 Å². The van der Waals surface area contributed by atoms with Gasteiger partial charge in [0.15, 0.2) is 0 Å². The molecule has 0 bridgehead atoms. The highest BCUT2D eigenvalue weighted by molar-refractivity contribution is 5.34. The molecule has 1 fully saturated rings. The van der Waals surface area contributed by atoms with E-state index in [0.29, 0.717) is 0 Å². The highest BCUT2D eigenvalue weighted by Crippen LogP contribution is 2.58. The standard InChI is InChI=1S/C13H17FO/c1-9-4-5-10(14)8-11(9)13(3,15)12(2)6-7-12/h4-5,8,15H,6-7H2,1-3H3. The molecular weight excluding hydrogens is 191 g/mol. The normalized spacial score (nSPS) is 22.2. The van der Waals surface area contributed by atoms with Crippen molar-refractivity contribution in [1.82, 2.24) is 0 Å². The molecule has 2 rings (SSSR count). The Labute approximate surface area is 89.9 Å². The summed E-state index contributed by atoms with van der Waals surface area (Å²) in [7, 11) is 0. The van der Waals surface area contributed by atoms with Crippen LogP contribution in [0.2, 0.25) is 0 Å². The van der Waals surface area contributed by atoms with Gasteiger partial charge in [-0.3, -0.25) is 0 Å². The van der Waals surface area contributed by atoms with Gasteiger partial charge in [-0.2, -0.15) is 0 Å². The van der Waals surface area contributed by atoms with Gasteiger partial charge in [-0.15, -0.1) is 0 Å². The van der Waals surface area contributed by atoms with Crippen LogP contribution >= 0.6 is 0 Å². The van der Waals surface area contributed by atoms with Crippen LogP contribution in [0.4, 0.5) is 4.39 Å². The molecule has 0 aromatic heterocycles. The average Bonchev–Trinajstić information content (AvgIpc) is 2.89. The third-order valence-electron chi connectivity index (χ3n) is 3.90. The van der Waals surface area contributed by atoms with E-state index in [2.05, 4.69) is 6.92 Å². The van der Waals surface area contributed by atoms with Crippen LogP contribution in [0.3, 0.4) is 0 Å². The van der Waals surface area contributed by atoms with Gasteiger partial charge in [0, 0.05) is 5.41 Å². The van der Waals surface area contributed by atoms with E-state index < -0.39 is 5.60 Å². The zero-order valence-electron chi connectivity index (χ0n) is 9.47. The van der Waals surface area contributed by atoms with Gasteiger partial charge in [0.05, 0.1) is 5.60 Å². The summed E-state index contributed by atoms with van der Waals surface area (Å²) in [5.74, 6) is -0.278. The Balaban J connectivity index is 2.48. The third kappa shape index (κ3) is 1.57. The first-order valence-electron chi connectivity index (χ1n) is 5.36. The first-order chi connectivity index (χ1) is 6.87. The Morgan fingerprint density at radius 3 is 2.53 bits per heavy atom. The number of rotatable bonds is 2. The van der Waals surface area contributed by atoms with Crippen molar-refractivity contribution in [2.45, 2.75) is 39.2 Å². The number of hydrogen-bond acceptors (Lipinski definition) is 1. The Kier molecular flexibility index (Phi) is 2.16. The Bertz CT molecular complexity index is 392. The fourth-order valence-corrected chi connectivity index (χ4v) is 2.12. The molecule has 2 heteroatoms. The maximum absolute atomic E-state index is 13.2. The van der Waals surface area contributed by atoms with Crippen LogP contribution in [-0.2, 0) is 5.60 Å². The molecule has 0 spiro atoms. The summed E-state index contributed by atoms with van der Waals surface area (Å²) >= 11 is 0. The van der Waals surface area contributed by atoms with Crippen molar-refractivity contribution in [2.24, 2.45) is 5.41 Å². The van der Waals surface area contributed by atoms with Gasteiger partial charge in [-0.25, -0.2) is 4.39 Å². The van der Waals surface area contributed by atoms with Crippen LogP contribution in [-0.4, -0.2) is 5.11 Å². The van der Waals surface area contributed by atoms with Crippen LogP contribution in [0.15, 0.2) is 18.2 Å². The van der Waals surface area contributed by atoms with E-state index in [-0.39, 0.29) is 11.2 Å². The molecule has 1 aromatic rings. The van der Waals surface area contributed by atoms with Gasteiger partial charge in [0.1, 0.15) is 5.82 Å². The number of aryl methyl sites for hydroxylation is 1. The molecule has 0 heterocycles. The van der Waals surface area contributed by atoms with Gasteiger partial charge < -0.3 is 5.11 Å². The lowest BCUT2D eigenvalue weighted by atomic mass is 9.79. The molecule has 1 aliphatic carbocycles. The van der Waals surface area contributed by atoms with Crippen LogP contribution in [0.1, 0.15) is 37.8 Å². The Hall–Kier alpha value is -0.890. The van der Waals surface area contributed by atoms with Crippen molar-refractivity contribution >= 4 is 0 Å². The zero-order valence-corrected chi connectivity index (χ0v) is 9.47. The van der Waals surface area contributed by atoms with Crippen LogP contribution in [0, 0.1) is 18.2 Å². The van der Waals surface area contributed by atoms with E-state index in [9.17, 15) is 9.50 Å². The number of aliphatic hydroxyl groups is 1. The van der Waals surface area contributed by atoms with Gasteiger partial charge >= 0.3 is 0 Å². The minimum atomic E-state index is -0.917. The second kappa shape index (κ2) is 3.05. The van der Waals surface area contributed by atoms with E-state index in [1.54, 1.807) is 13.0 Å². The molecule has 1 saturated carbocycles. The highest BCUT2D eigenvalue weighted by Gasteiger charge is 2.53. The van der Waals surface area contributed by atoms with Crippen molar-refractivity contribution in [3.05, 3.63) is 35.1 Å². The molecule has 1 aromatic carbocycles. The van der Waals surface area contributed by atoms with Crippen molar-refractivity contribution < 1.29 is 9.50 Å². The third-order valence-corrected chi connectivity index (χ3v) is 3.90. The first kappa shape index (κ1) is 10.6. The van der Waals surface area contributed by atoms with Gasteiger partial charge in [-0.05, 0) is 49.9 Å². The second-order valence-corrected chi connectivity index (χ2v) is 5.09. The second-order valence-electron chi connectivity index (χ2n) is 5.09. The Morgan fingerprint density at radius 1 is 1.40 bits per heavy atom. The molecule has 1 nitrogen and oxygen atoms in total. The molecule has 1 unspecified atom stereocenters. The lowest BCUT2D eigenvalue weighted by molar-refractivity contribution is -0.0134. The number of hydrogen-bond donors (Lipinski definition) is 1. The fraction of sp³-hybridized carbons (Fsp3) is 0.538. The molecule has 0 aliphatic heterocycles. The molecular formula is C13H17FO. The average molecular weight is 208 g/mol. The predicted molar refractivity (Wildman–Crippen MR) is 58.0 cm³/mol. The topological polar surface area (TPSA) is 20.2 Å². The van der Waals surface area contributed by atoms with Crippen molar-refractivity contribution in [3.63, 3.8) is 0 Å². The summed E-state index contributed by atoms with van der Waals surface area (Å²) in [6.45, 7) is 5.76. The molecule has 82 valence electrons. The fourth-order valence-electron chi connectivity index (χ4n) is 2.12. The van der Waals surface area contributed by atoms with Crippen LogP contribution in [0.25, 0.3) is 0 Å². The van der Waals surface area contributed by atoms with E-state index in [1.807, 2.05) is 6.92 Å². The lowest BCUT2D eigenvalue weighted by Gasteiger charge is -2.32. The molecule has 0 saturated heterocycles. The van der Waals surface area contributed by atoms with Gasteiger partial charge in [0.2, 0.25) is 0 Å².